The van der Waals surface area contributed by atoms with Crippen LogP contribution in [0.15, 0.2) is 29.0 Å². The predicted molar refractivity (Wildman–Crippen MR) is 53.0 cm³/mol. The lowest BCUT2D eigenvalue weighted by Crippen LogP contribution is -1.67. The normalized spacial score (nSPS) is 10.0. The SMILES string of the molecule is O=Cc1csc(-c2cccs2)c1. The maximum absolute atomic E-state index is 10.4. The van der Waals surface area contributed by atoms with Gasteiger partial charge in [-0.1, -0.05) is 6.07 Å². The van der Waals surface area contributed by atoms with E-state index in [-0.39, 0.29) is 0 Å². The van der Waals surface area contributed by atoms with Crippen LogP contribution in [0.4, 0.5) is 0 Å². The average molecular weight is 194 g/mol. The van der Waals surface area contributed by atoms with E-state index >= 15 is 0 Å². The van der Waals surface area contributed by atoms with Crippen molar-refractivity contribution in [3.05, 3.63) is 34.5 Å². The van der Waals surface area contributed by atoms with Gasteiger partial charge in [-0.15, -0.1) is 22.7 Å². The molecule has 1 nitrogen and oxygen atoms in total. The molecule has 0 aromatic carbocycles. The third-order valence-corrected chi connectivity index (χ3v) is 3.53. The van der Waals surface area contributed by atoms with Crippen LogP contribution in [-0.2, 0) is 0 Å². The van der Waals surface area contributed by atoms with E-state index in [1.807, 2.05) is 22.9 Å². The molecule has 0 aliphatic rings. The lowest BCUT2D eigenvalue weighted by molar-refractivity contribution is 0.112. The Bertz CT molecular complexity index is 373. The van der Waals surface area contributed by atoms with E-state index in [2.05, 4.69) is 6.07 Å². The van der Waals surface area contributed by atoms with Crippen LogP contribution < -0.4 is 0 Å². The fourth-order valence-corrected chi connectivity index (χ4v) is 2.66. The number of carbonyl (C=O) groups excluding carboxylic acids is 1. The van der Waals surface area contributed by atoms with E-state index in [0.29, 0.717) is 0 Å². The molecule has 0 radical (unpaired) electrons. The Balaban J connectivity index is 2.41. The molecule has 0 spiro atoms. The second kappa shape index (κ2) is 3.21. The summed E-state index contributed by atoms with van der Waals surface area (Å²) in [6.07, 6.45) is 0.883. The molecule has 60 valence electrons. The fraction of sp³-hybridized carbons (Fsp3) is 0. The second-order valence-electron chi connectivity index (χ2n) is 2.34. The fourth-order valence-electron chi connectivity index (χ4n) is 0.961. The van der Waals surface area contributed by atoms with Crippen LogP contribution in [0.5, 0.6) is 0 Å². The molecule has 0 aliphatic heterocycles. The summed E-state index contributed by atoms with van der Waals surface area (Å²) in [6, 6.07) is 5.99. The quantitative estimate of drug-likeness (QED) is 0.670. The van der Waals surface area contributed by atoms with Gasteiger partial charge in [0.05, 0.1) is 0 Å². The van der Waals surface area contributed by atoms with Crippen LogP contribution in [-0.4, -0.2) is 6.29 Å². The number of hydrogen-bond donors (Lipinski definition) is 0. The van der Waals surface area contributed by atoms with Crippen molar-refractivity contribution >= 4 is 29.0 Å². The van der Waals surface area contributed by atoms with Gasteiger partial charge in [-0.05, 0) is 17.5 Å². The van der Waals surface area contributed by atoms with E-state index in [9.17, 15) is 4.79 Å². The molecule has 12 heavy (non-hydrogen) atoms. The summed E-state index contributed by atoms with van der Waals surface area (Å²) in [7, 11) is 0. The summed E-state index contributed by atoms with van der Waals surface area (Å²) >= 11 is 3.31. The van der Waals surface area contributed by atoms with Crippen molar-refractivity contribution in [3.63, 3.8) is 0 Å². The van der Waals surface area contributed by atoms with Gasteiger partial charge in [0.15, 0.2) is 6.29 Å². The van der Waals surface area contributed by atoms with Crippen LogP contribution in [0.1, 0.15) is 10.4 Å². The number of rotatable bonds is 2. The zero-order valence-corrected chi connectivity index (χ0v) is 7.82. The third kappa shape index (κ3) is 1.33. The summed E-state index contributed by atoms with van der Waals surface area (Å²) in [5, 5.41) is 3.91. The van der Waals surface area contributed by atoms with Crippen molar-refractivity contribution in [1.82, 2.24) is 0 Å². The lowest BCUT2D eigenvalue weighted by atomic mass is 10.3. The van der Waals surface area contributed by atoms with Crippen LogP contribution in [0, 0.1) is 0 Å². The lowest BCUT2D eigenvalue weighted by Gasteiger charge is -1.85. The Morgan fingerprint density at radius 3 is 2.75 bits per heavy atom. The molecule has 0 atom stereocenters. The largest absolute Gasteiger partial charge is 0.298 e. The van der Waals surface area contributed by atoms with Gasteiger partial charge in [0.25, 0.3) is 0 Å². The monoisotopic (exact) mass is 194 g/mol. The molecular formula is C9H6OS2. The van der Waals surface area contributed by atoms with E-state index in [4.69, 9.17) is 0 Å². The van der Waals surface area contributed by atoms with Gasteiger partial charge < -0.3 is 0 Å². The first-order valence-corrected chi connectivity index (χ1v) is 5.23. The standard InChI is InChI=1S/C9H6OS2/c10-5-7-4-9(12-6-7)8-2-1-3-11-8/h1-6H. The molecular weight excluding hydrogens is 188 g/mol. The van der Waals surface area contributed by atoms with Gasteiger partial charge >= 0.3 is 0 Å². The highest BCUT2D eigenvalue weighted by Crippen LogP contribution is 2.29. The summed E-state index contributed by atoms with van der Waals surface area (Å²) in [5.41, 5.74) is 0.767. The molecule has 0 N–H and O–H groups in total. The molecule has 0 amide bonds. The highest BCUT2D eigenvalue weighted by atomic mass is 32.1. The summed E-state index contributed by atoms with van der Waals surface area (Å²) in [5.74, 6) is 0. The molecule has 3 heteroatoms. The molecule has 0 bridgehead atoms. The summed E-state index contributed by atoms with van der Waals surface area (Å²) in [4.78, 5) is 12.8. The molecule has 2 rings (SSSR count). The van der Waals surface area contributed by atoms with E-state index in [0.717, 1.165) is 11.8 Å². The van der Waals surface area contributed by atoms with E-state index in [1.54, 1.807) is 22.7 Å². The molecule has 0 aliphatic carbocycles. The topological polar surface area (TPSA) is 17.1 Å². The minimum absolute atomic E-state index is 0.767. The first kappa shape index (κ1) is 7.71. The van der Waals surface area contributed by atoms with Gasteiger partial charge in [-0.2, -0.15) is 0 Å². The highest BCUT2D eigenvalue weighted by Gasteiger charge is 2.01. The van der Waals surface area contributed by atoms with Crippen molar-refractivity contribution in [3.8, 4) is 9.75 Å². The first-order chi connectivity index (χ1) is 5.90. The molecule has 2 aromatic rings. The molecule has 0 saturated heterocycles. The number of carbonyl (C=O) groups is 1. The average Bonchev–Trinajstić information content (AvgIpc) is 2.75. The van der Waals surface area contributed by atoms with Crippen molar-refractivity contribution in [2.45, 2.75) is 0 Å². The zero-order chi connectivity index (χ0) is 8.39. The van der Waals surface area contributed by atoms with Gasteiger partial charge in [0, 0.05) is 20.7 Å². The van der Waals surface area contributed by atoms with Crippen molar-refractivity contribution in [2.24, 2.45) is 0 Å². The maximum Gasteiger partial charge on any atom is 0.150 e. The van der Waals surface area contributed by atoms with Crippen LogP contribution in [0.2, 0.25) is 0 Å². The molecule has 2 aromatic heterocycles. The van der Waals surface area contributed by atoms with E-state index in [1.165, 1.54) is 9.75 Å². The number of thiophene rings is 2. The molecule has 0 unspecified atom stereocenters. The van der Waals surface area contributed by atoms with Gasteiger partial charge in [-0.3, -0.25) is 4.79 Å². The van der Waals surface area contributed by atoms with Crippen molar-refractivity contribution in [1.29, 1.82) is 0 Å². The smallest absolute Gasteiger partial charge is 0.150 e. The Morgan fingerprint density at radius 2 is 2.17 bits per heavy atom. The third-order valence-electron chi connectivity index (χ3n) is 1.52. The Kier molecular flexibility index (Phi) is 2.06. The van der Waals surface area contributed by atoms with Gasteiger partial charge in [0.2, 0.25) is 0 Å². The minimum Gasteiger partial charge on any atom is -0.298 e. The predicted octanol–water partition coefficient (Wildman–Crippen LogP) is 3.29. The first-order valence-electron chi connectivity index (χ1n) is 3.48. The van der Waals surface area contributed by atoms with Crippen LogP contribution >= 0.6 is 22.7 Å². The van der Waals surface area contributed by atoms with Crippen molar-refractivity contribution < 1.29 is 4.79 Å². The second-order valence-corrected chi connectivity index (χ2v) is 4.20. The van der Waals surface area contributed by atoms with Gasteiger partial charge in [0.1, 0.15) is 0 Å². The van der Waals surface area contributed by atoms with Crippen LogP contribution in [0.25, 0.3) is 9.75 Å². The van der Waals surface area contributed by atoms with E-state index < -0.39 is 0 Å². The highest BCUT2D eigenvalue weighted by molar-refractivity contribution is 7.20. The molecule has 0 fully saturated rings. The van der Waals surface area contributed by atoms with Crippen molar-refractivity contribution in [2.75, 3.05) is 0 Å². The number of hydrogen-bond acceptors (Lipinski definition) is 3. The summed E-state index contributed by atoms with van der Waals surface area (Å²) in [6.45, 7) is 0. The number of aldehydes is 1. The molecule has 2 heterocycles. The maximum atomic E-state index is 10.4. The Labute approximate surface area is 78.3 Å². The zero-order valence-electron chi connectivity index (χ0n) is 6.19. The minimum atomic E-state index is 0.767. The van der Waals surface area contributed by atoms with Gasteiger partial charge in [-0.25, -0.2) is 0 Å². The molecule has 0 saturated carbocycles. The van der Waals surface area contributed by atoms with Crippen LogP contribution in [0.3, 0.4) is 0 Å². The Morgan fingerprint density at radius 1 is 1.25 bits per heavy atom. The summed E-state index contributed by atoms with van der Waals surface area (Å²) < 4.78 is 0. The Hall–Kier alpha value is -0.930.